The topological polar surface area (TPSA) is 57.7 Å². The molecule has 1 saturated heterocycles. The van der Waals surface area contributed by atoms with Gasteiger partial charge in [0.05, 0.1) is 4.88 Å². The van der Waals surface area contributed by atoms with Crippen LogP contribution in [0.5, 0.6) is 0 Å². The molecular weight excluding hydrogens is 356 g/mol. The summed E-state index contributed by atoms with van der Waals surface area (Å²) in [6.07, 6.45) is 1.60. The van der Waals surface area contributed by atoms with E-state index in [1.165, 1.54) is 21.1 Å². The molecule has 25 heavy (non-hydrogen) atoms. The maximum Gasteiger partial charge on any atom is 0.264 e. The summed E-state index contributed by atoms with van der Waals surface area (Å²) in [5.41, 5.74) is 0.841. The zero-order valence-electron chi connectivity index (χ0n) is 14.0. The van der Waals surface area contributed by atoms with Crippen LogP contribution in [-0.4, -0.2) is 49.7 Å². The molecule has 5 nitrogen and oxygen atoms in total. The molecule has 0 radical (unpaired) electrons. The highest BCUT2D eigenvalue weighted by atomic mass is 32.2. The first kappa shape index (κ1) is 17.8. The number of piperazine rings is 1. The number of sulfonamides is 1. The molecule has 3 rings (SSSR count). The number of thiophene rings is 1. The molecule has 0 atom stereocenters. The molecule has 132 valence electrons. The van der Waals surface area contributed by atoms with Crippen LogP contribution in [0.15, 0.2) is 47.9 Å². The summed E-state index contributed by atoms with van der Waals surface area (Å²) < 4.78 is 26.3. The minimum Gasteiger partial charge on any atom is -0.335 e. The molecular formula is C18H20N2O3S2. The molecule has 0 aliphatic carbocycles. The van der Waals surface area contributed by atoms with Gasteiger partial charge in [-0.05, 0) is 30.7 Å². The van der Waals surface area contributed by atoms with Gasteiger partial charge in [0.1, 0.15) is 0 Å². The highest BCUT2D eigenvalue weighted by Gasteiger charge is 2.28. The number of hydrogen-bond acceptors (Lipinski definition) is 4. The van der Waals surface area contributed by atoms with Gasteiger partial charge in [-0.25, -0.2) is 8.42 Å². The summed E-state index contributed by atoms with van der Waals surface area (Å²) in [6.45, 7) is 3.42. The van der Waals surface area contributed by atoms with Crippen molar-refractivity contribution in [3.05, 3.63) is 63.2 Å². The SMILES string of the molecule is Cc1ccc(C(=O)N2CCN(S(=O)(=O)/C=C/c3ccccc3)CC2)s1. The first-order valence-electron chi connectivity index (χ1n) is 8.05. The maximum absolute atomic E-state index is 12.4. The first-order chi connectivity index (χ1) is 12.0. The van der Waals surface area contributed by atoms with Crippen LogP contribution >= 0.6 is 11.3 Å². The Morgan fingerprint density at radius 3 is 2.32 bits per heavy atom. The highest BCUT2D eigenvalue weighted by molar-refractivity contribution is 7.92. The predicted molar refractivity (Wildman–Crippen MR) is 101 cm³/mol. The van der Waals surface area contributed by atoms with Gasteiger partial charge in [0.15, 0.2) is 0 Å². The van der Waals surface area contributed by atoms with Crippen molar-refractivity contribution in [3.8, 4) is 0 Å². The van der Waals surface area contributed by atoms with Gasteiger partial charge in [-0.15, -0.1) is 11.3 Å². The number of carbonyl (C=O) groups is 1. The third kappa shape index (κ3) is 4.36. The minimum atomic E-state index is -3.47. The van der Waals surface area contributed by atoms with Crippen molar-refractivity contribution in [1.82, 2.24) is 9.21 Å². The molecule has 1 aromatic carbocycles. The number of rotatable bonds is 4. The fourth-order valence-electron chi connectivity index (χ4n) is 2.67. The number of benzene rings is 1. The molecule has 2 aromatic rings. The molecule has 1 aliphatic heterocycles. The third-order valence-corrected chi connectivity index (χ3v) is 6.62. The van der Waals surface area contributed by atoms with Crippen LogP contribution < -0.4 is 0 Å². The molecule has 7 heteroatoms. The highest BCUT2D eigenvalue weighted by Crippen LogP contribution is 2.19. The zero-order chi connectivity index (χ0) is 17.9. The summed E-state index contributed by atoms with van der Waals surface area (Å²) in [5, 5.41) is 1.24. The Morgan fingerprint density at radius 1 is 1.04 bits per heavy atom. The number of carbonyl (C=O) groups excluding carboxylic acids is 1. The molecule has 1 fully saturated rings. The summed E-state index contributed by atoms with van der Waals surface area (Å²) in [5.74, 6) is -0.0185. The van der Waals surface area contributed by atoms with Gasteiger partial charge >= 0.3 is 0 Å². The lowest BCUT2D eigenvalue weighted by molar-refractivity contribution is 0.0703. The van der Waals surface area contributed by atoms with Gasteiger partial charge in [-0.2, -0.15) is 4.31 Å². The maximum atomic E-state index is 12.4. The predicted octanol–water partition coefficient (Wildman–Crippen LogP) is 2.82. The second-order valence-corrected chi connectivity index (χ2v) is 8.97. The summed E-state index contributed by atoms with van der Waals surface area (Å²) >= 11 is 1.47. The monoisotopic (exact) mass is 376 g/mol. The molecule has 1 aliphatic rings. The van der Waals surface area contributed by atoms with E-state index in [1.807, 2.05) is 49.4 Å². The van der Waals surface area contributed by atoms with E-state index < -0.39 is 10.0 Å². The van der Waals surface area contributed by atoms with Gasteiger partial charge in [0.25, 0.3) is 5.91 Å². The second-order valence-electron chi connectivity index (χ2n) is 5.86. The number of hydrogen-bond donors (Lipinski definition) is 0. The Hall–Kier alpha value is -1.96. The van der Waals surface area contributed by atoms with E-state index in [1.54, 1.807) is 11.0 Å². The lowest BCUT2D eigenvalue weighted by atomic mass is 10.2. The van der Waals surface area contributed by atoms with E-state index in [0.717, 1.165) is 10.4 Å². The van der Waals surface area contributed by atoms with Crippen molar-refractivity contribution in [2.75, 3.05) is 26.2 Å². The van der Waals surface area contributed by atoms with E-state index in [0.29, 0.717) is 31.1 Å². The fourth-order valence-corrected chi connectivity index (χ4v) is 4.67. The van der Waals surface area contributed by atoms with Gasteiger partial charge in [0, 0.05) is 36.5 Å². The van der Waals surface area contributed by atoms with Crippen LogP contribution in [0.1, 0.15) is 20.1 Å². The van der Waals surface area contributed by atoms with E-state index in [9.17, 15) is 13.2 Å². The smallest absolute Gasteiger partial charge is 0.264 e. The van der Waals surface area contributed by atoms with Crippen molar-refractivity contribution in [1.29, 1.82) is 0 Å². The Labute approximate surface area is 152 Å². The first-order valence-corrected chi connectivity index (χ1v) is 10.4. The Kier molecular flexibility index (Phi) is 5.36. The number of amides is 1. The molecule has 1 aromatic heterocycles. The second kappa shape index (κ2) is 7.51. The quantitative estimate of drug-likeness (QED) is 0.824. The summed E-state index contributed by atoms with van der Waals surface area (Å²) in [4.78, 5) is 16.0. The lowest BCUT2D eigenvalue weighted by Gasteiger charge is -2.33. The van der Waals surface area contributed by atoms with Crippen molar-refractivity contribution < 1.29 is 13.2 Å². The molecule has 0 saturated carbocycles. The third-order valence-electron chi connectivity index (χ3n) is 4.07. The Balaban J connectivity index is 1.61. The number of aryl methyl sites for hydroxylation is 1. The molecule has 0 N–H and O–H groups in total. The summed E-state index contributed by atoms with van der Waals surface area (Å²) in [6, 6.07) is 13.1. The average Bonchev–Trinajstić information content (AvgIpc) is 3.07. The molecule has 0 unspecified atom stereocenters. The Bertz CT molecular complexity index is 865. The van der Waals surface area contributed by atoms with Gasteiger partial charge in [0.2, 0.25) is 10.0 Å². The molecule has 1 amide bonds. The van der Waals surface area contributed by atoms with Crippen LogP contribution in [0.4, 0.5) is 0 Å². The van der Waals surface area contributed by atoms with Crippen molar-refractivity contribution >= 4 is 33.3 Å². The fraction of sp³-hybridized carbons (Fsp3) is 0.278. The molecule has 0 spiro atoms. The minimum absolute atomic E-state index is 0.0185. The zero-order valence-corrected chi connectivity index (χ0v) is 15.6. The summed E-state index contributed by atoms with van der Waals surface area (Å²) in [7, 11) is -3.47. The van der Waals surface area contributed by atoms with Gasteiger partial charge < -0.3 is 4.90 Å². The lowest BCUT2D eigenvalue weighted by Crippen LogP contribution is -2.49. The van der Waals surface area contributed by atoms with Crippen LogP contribution in [0, 0.1) is 6.92 Å². The van der Waals surface area contributed by atoms with E-state index >= 15 is 0 Å². The molecule has 2 heterocycles. The largest absolute Gasteiger partial charge is 0.335 e. The van der Waals surface area contributed by atoms with Crippen LogP contribution in [0.25, 0.3) is 6.08 Å². The normalized spacial score (nSPS) is 16.4. The van der Waals surface area contributed by atoms with Crippen LogP contribution in [-0.2, 0) is 10.0 Å². The van der Waals surface area contributed by atoms with E-state index in [-0.39, 0.29) is 5.91 Å². The Morgan fingerprint density at radius 2 is 1.72 bits per heavy atom. The van der Waals surface area contributed by atoms with E-state index in [4.69, 9.17) is 0 Å². The standard InChI is InChI=1S/C18H20N2O3S2/c1-15-7-8-17(24-15)18(21)19-10-12-20(13-11-19)25(22,23)14-9-16-5-3-2-4-6-16/h2-9,14H,10-13H2,1H3/b14-9+. The van der Waals surface area contributed by atoms with Crippen LogP contribution in [0.2, 0.25) is 0 Å². The van der Waals surface area contributed by atoms with E-state index in [2.05, 4.69) is 0 Å². The van der Waals surface area contributed by atoms with Gasteiger partial charge in [-0.3, -0.25) is 4.79 Å². The van der Waals surface area contributed by atoms with Gasteiger partial charge in [-0.1, -0.05) is 30.3 Å². The van der Waals surface area contributed by atoms with Crippen molar-refractivity contribution in [3.63, 3.8) is 0 Å². The van der Waals surface area contributed by atoms with Crippen LogP contribution in [0.3, 0.4) is 0 Å². The van der Waals surface area contributed by atoms with Crippen molar-refractivity contribution in [2.45, 2.75) is 6.92 Å². The number of nitrogens with zero attached hydrogens (tertiary/aromatic N) is 2. The average molecular weight is 377 g/mol. The molecule has 0 bridgehead atoms. The van der Waals surface area contributed by atoms with Crippen molar-refractivity contribution in [2.24, 2.45) is 0 Å².